The average Bonchev–Trinajstić information content (AvgIpc) is 2.77. The highest BCUT2D eigenvalue weighted by Gasteiger charge is 2.20. The highest BCUT2D eigenvalue weighted by molar-refractivity contribution is 5.33. The monoisotopic (exact) mass is 252 g/mol. The molecule has 1 saturated heterocycles. The summed E-state index contributed by atoms with van der Waals surface area (Å²) in [6, 6.07) is 5.13. The Hall–Kier alpha value is -1.13. The van der Waals surface area contributed by atoms with Crippen LogP contribution < -0.4 is 10.5 Å². The Kier molecular flexibility index (Phi) is 4.55. The lowest BCUT2D eigenvalue weighted by molar-refractivity contribution is 0.232. The Morgan fingerprint density at radius 1 is 1.50 bits per heavy atom. The van der Waals surface area contributed by atoms with Gasteiger partial charge in [0.15, 0.2) is 0 Å². The summed E-state index contributed by atoms with van der Waals surface area (Å²) >= 11 is 0. The van der Waals surface area contributed by atoms with Gasteiger partial charge in [-0.05, 0) is 51.1 Å². The molecule has 1 aliphatic rings. The molecule has 4 heteroatoms. The first-order valence-electron chi connectivity index (χ1n) is 6.52. The lowest BCUT2D eigenvalue weighted by Crippen LogP contribution is -2.26. The van der Waals surface area contributed by atoms with Crippen molar-refractivity contribution in [1.29, 1.82) is 0 Å². The van der Waals surface area contributed by atoms with E-state index in [2.05, 4.69) is 11.9 Å². The fourth-order valence-electron chi connectivity index (χ4n) is 2.50. The number of nitrogens with zero attached hydrogens (tertiary/aromatic N) is 1. The predicted octanol–water partition coefficient (Wildman–Crippen LogP) is 2.15. The summed E-state index contributed by atoms with van der Waals surface area (Å²) < 4.78 is 18.8. The minimum Gasteiger partial charge on any atom is -0.493 e. The van der Waals surface area contributed by atoms with Gasteiger partial charge in [-0.25, -0.2) is 4.39 Å². The quantitative estimate of drug-likeness (QED) is 0.872. The molecule has 18 heavy (non-hydrogen) atoms. The van der Waals surface area contributed by atoms with Gasteiger partial charge in [-0.1, -0.05) is 0 Å². The van der Waals surface area contributed by atoms with Gasteiger partial charge in [-0.3, -0.25) is 0 Å². The number of hydrogen-bond donors (Lipinski definition) is 1. The maximum absolute atomic E-state index is 13.0. The molecule has 0 radical (unpaired) electrons. The van der Waals surface area contributed by atoms with Crippen LogP contribution in [0, 0.1) is 5.82 Å². The molecule has 1 fully saturated rings. The molecule has 2 N–H and O–H groups in total. The molecule has 2 rings (SSSR count). The first-order valence-corrected chi connectivity index (χ1v) is 6.52. The normalized spacial score (nSPS) is 20.3. The van der Waals surface area contributed by atoms with E-state index in [1.807, 2.05) is 0 Å². The van der Waals surface area contributed by atoms with Crippen LogP contribution in [0.5, 0.6) is 5.75 Å². The second-order valence-corrected chi connectivity index (χ2v) is 4.87. The van der Waals surface area contributed by atoms with Crippen molar-refractivity contribution in [2.75, 3.05) is 20.2 Å². The lowest BCUT2D eigenvalue weighted by Gasteiger charge is -2.19. The molecule has 1 atom stereocenters. The maximum Gasteiger partial charge on any atom is 0.123 e. The lowest BCUT2D eigenvalue weighted by atomic mass is 10.1. The maximum atomic E-state index is 13.0. The van der Waals surface area contributed by atoms with Crippen molar-refractivity contribution in [2.24, 2.45) is 5.73 Å². The van der Waals surface area contributed by atoms with Crippen LogP contribution in [0.4, 0.5) is 4.39 Å². The molecule has 0 spiro atoms. The van der Waals surface area contributed by atoms with Crippen LogP contribution in [-0.2, 0) is 6.54 Å². The molecule has 1 aromatic carbocycles. The number of rotatable bonds is 5. The van der Waals surface area contributed by atoms with E-state index in [4.69, 9.17) is 10.5 Å². The van der Waals surface area contributed by atoms with E-state index < -0.39 is 0 Å². The molecule has 3 nitrogen and oxygen atoms in total. The Morgan fingerprint density at radius 3 is 3.00 bits per heavy atom. The molecule has 100 valence electrons. The zero-order valence-corrected chi connectivity index (χ0v) is 10.9. The van der Waals surface area contributed by atoms with Crippen LogP contribution >= 0.6 is 0 Å². The van der Waals surface area contributed by atoms with Crippen molar-refractivity contribution in [3.8, 4) is 5.75 Å². The average molecular weight is 252 g/mol. The summed E-state index contributed by atoms with van der Waals surface area (Å²) in [5, 5.41) is 0. The Morgan fingerprint density at radius 2 is 2.33 bits per heavy atom. The SMILES string of the molecule is CN1CCCC1CCOc1ccc(F)cc1CN. The van der Waals surface area contributed by atoms with Gasteiger partial charge in [0.25, 0.3) is 0 Å². The van der Waals surface area contributed by atoms with Crippen LogP contribution in [0.15, 0.2) is 18.2 Å². The standard InChI is InChI=1S/C14H21FN2O/c1-17-7-2-3-13(17)6-8-18-14-5-4-12(15)9-11(14)10-16/h4-5,9,13H,2-3,6-8,10,16H2,1H3. The number of halogens is 1. The number of nitrogens with two attached hydrogens (primary N) is 1. The summed E-state index contributed by atoms with van der Waals surface area (Å²) in [6.45, 7) is 2.14. The van der Waals surface area contributed by atoms with Gasteiger partial charge in [-0.2, -0.15) is 0 Å². The topological polar surface area (TPSA) is 38.5 Å². The highest BCUT2D eigenvalue weighted by Crippen LogP contribution is 2.21. The van der Waals surface area contributed by atoms with Crippen molar-refractivity contribution in [3.63, 3.8) is 0 Å². The van der Waals surface area contributed by atoms with Crippen molar-refractivity contribution in [2.45, 2.75) is 31.8 Å². The molecular formula is C14H21FN2O. The van der Waals surface area contributed by atoms with E-state index in [0.717, 1.165) is 12.0 Å². The number of hydrogen-bond acceptors (Lipinski definition) is 3. The molecule has 1 unspecified atom stereocenters. The zero-order valence-electron chi connectivity index (χ0n) is 10.9. The summed E-state index contributed by atoms with van der Waals surface area (Å²) in [4.78, 5) is 2.37. The molecule has 0 bridgehead atoms. The minimum atomic E-state index is -0.265. The van der Waals surface area contributed by atoms with E-state index >= 15 is 0 Å². The Balaban J connectivity index is 1.86. The second kappa shape index (κ2) is 6.16. The summed E-state index contributed by atoms with van der Waals surface area (Å²) in [5.41, 5.74) is 6.31. The summed E-state index contributed by atoms with van der Waals surface area (Å²) in [6.07, 6.45) is 3.52. The van der Waals surface area contributed by atoms with Crippen LogP contribution in [0.1, 0.15) is 24.8 Å². The molecule has 1 aromatic rings. The van der Waals surface area contributed by atoms with Gasteiger partial charge in [0.2, 0.25) is 0 Å². The third-order valence-electron chi connectivity index (χ3n) is 3.62. The van der Waals surface area contributed by atoms with Crippen LogP contribution in [0.25, 0.3) is 0 Å². The van der Waals surface area contributed by atoms with Crippen molar-refractivity contribution in [3.05, 3.63) is 29.6 Å². The zero-order chi connectivity index (χ0) is 13.0. The van der Waals surface area contributed by atoms with Crippen molar-refractivity contribution in [1.82, 2.24) is 4.90 Å². The fourth-order valence-corrected chi connectivity index (χ4v) is 2.50. The van der Waals surface area contributed by atoms with E-state index in [0.29, 0.717) is 24.9 Å². The first kappa shape index (κ1) is 13.3. The van der Waals surface area contributed by atoms with Crippen molar-refractivity contribution >= 4 is 0 Å². The third kappa shape index (κ3) is 3.21. The first-order chi connectivity index (χ1) is 8.70. The van der Waals surface area contributed by atoms with Gasteiger partial charge in [-0.15, -0.1) is 0 Å². The van der Waals surface area contributed by atoms with Gasteiger partial charge in [0, 0.05) is 18.2 Å². The minimum absolute atomic E-state index is 0.265. The smallest absolute Gasteiger partial charge is 0.123 e. The second-order valence-electron chi connectivity index (χ2n) is 4.87. The number of ether oxygens (including phenoxy) is 1. The van der Waals surface area contributed by atoms with Crippen LogP contribution in [0.2, 0.25) is 0 Å². The molecule has 0 amide bonds. The van der Waals surface area contributed by atoms with Gasteiger partial charge in [0.05, 0.1) is 6.61 Å². The van der Waals surface area contributed by atoms with Crippen LogP contribution in [-0.4, -0.2) is 31.1 Å². The van der Waals surface area contributed by atoms with Crippen molar-refractivity contribution < 1.29 is 9.13 Å². The molecule has 0 saturated carbocycles. The van der Waals surface area contributed by atoms with Gasteiger partial charge >= 0.3 is 0 Å². The van der Waals surface area contributed by atoms with E-state index in [9.17, 15) is 4.39 Å². The van der Waals surface area contributed by atoms with E-state index in [1.165, 1.54) is 31.5 Å². The van der Waals surface area contributed by atoms with E-state index in [-0.39, 0.29) is 5.82 Å². The highest BCUT2D eigenvalue weighted by atomic mass is 19.1. The summed E-state index contributed by atoms with van der Waals surface area (Å²) in [7, 11) is 2.15. The molecule has 0 aromatic heterocycles. The fraction of sp³-hybridized carbons (Fsp3) is 0.571. The molecule has 1 heterocycles. The molecule has 0 aliphatic carbocycles. The number of benzene rings is 1. The van der Waals surface area contributed by atoms with Gasteiger partial charge < -0.3 is 15.4 Å². The largest absolute Gasteiger partial charge is 0.493 e. The Labute approximate surface area is 108 Å². The predicted molar refractivity (Wildman–Crippen MR) is 70.1 cm³/mol. The number of likely N-dealkylation sites (tertiary alicyclic amines) is 1. The van der Waals surface area contributed by atoms with E-state index in [1.54, 1.807) is 6.07 Å². The third-order valence-corrected chi connectivity index (χ3v) is 3.62. The molecular weight excluding hydrogens is 231 g/mol. The molecule has 1 aliphatic heterocycles. The summed E-state index contributed by atoms with van der Waals surface area (Å²) in [5.74, 6) is 0.442. The van der Waals surface area contributed by atoms with Gasteiger partial charge in [0.1, 0.15) is 11.6 Å². The van der Waals surface area contributed by atoms with Crippen LogP contribution in [0.3, 0.4) is 0 Å². The Bertz CT molecular complexity index is 397.